The number of nitrogens with zero attached hydrogens (tertiary/aromatic N) is 3. The molecule has 4 rings (SSSR count). The molecule has 1 saturated heterocycles. The van der Waals surface area contributed by atoms with Crippen LogP contribution in [-0.2, 0) is 38.0 Å². The number of anilines is 1. The molecule has 1 aromatic heterocycles. The highest BCUT2D eigenvalue weighted by molar-refractivity contribution is 6.28. The second kappa shape index (κ2) is 10.4. The number of hydrogen-bond donors (Lipinski definition) is 1. The van der Waals surface area contributed by atoms with E-state index in [0.29, 0.717) is 43.9 Å². The number of ether oxygens (including phenoxy) is 3. The Morgan fingerprint density at radius 1 is 1.37 bits per heavy atom. The number of hydrogen-bond acceptors (Lipinski definition) is 8. The minimum absolute atomic E-state index is 0.0874. The number of halogens is 3. The van der Waals surface area contributed by atoms with E-state index in [0.717, 1.165) is 17.5 Å². The Morgan fingerprint density at radius 3 is 2.89 bits per heavy atom. The Hall–Kier alpha value is -2.24. The summed E-state index contributed by atoms with van der Waals surface area (Å²) >= 11 is 6.21. The van der Waals surface area contributed by atoms with Crippen LogP contribution in [0.25, 0.3) is 0 Å². The average Bonchev–Trinajstić information content (AvgIpc) is 3.28. The van der Waals surface area contributed by atoms with Crippen molar-refractivity contribution in [1.82, 2.24) is 14.9 Å². The number of benzene rings is 1. The van der Waals surface area contributed by atoms with Crippen LogP contribution in [0, 0.1) is 0 Å². The fourth-order valence-corrected chi connectivity index (χ4v) is 4.75. The molecule has 3 unspecified atom stereocenters. The highest BCUT2D eigenvalue weighted by Gasteiger charge is 2.41. The van der Waals surface area contributed by atoms with Gasteiger partial charge in [0.2, 0.25) is 5.28 Å². The minimum Gasteiger partial charge on any atom is -0.378 e. The number of methoxy groups -OCH3 is 2. The molecule has 3 atom stereocenters. The molecule has 8 nitrogen and oxygen atoms in total. The van der Waals surface area contributed by atoms with Crippen molar-refractivity contribution in [2.75, 3.05) is 32.8 Å². The van der Waals surface area contributed by atoms with Gasteiger partial charge in [0, 0.05) is 57.3 Å². The third-order valence-corrected chi connectivity index (χ3v) is 6.82. The van der Waals surface area contributed by atoms with Crippen LogP contribution in [0.4, 0.5) is 14.6 Å². The first-order chi connectivity index (χ1) is 16.7. The van der Waals surface area contributed by atoms with Crippen molar-refractivity contribution in [3.05, 3.63) is 51.9 Å². The number of rotatable bonds is 9. The van der Waals surface area contributed by atoms with Crippen LogP contribution in [-0.4, -0.2) is 60.4 Å². The molecule has 0 spiro atoms. The van der Waals surface area contributed by atoms with E-state index in [1.807, 2.05) is 6.92 Å². The minimum atomic E-state index is -3.09. The van der Waals surface area contributed by atoms with Gasteiger partial charge in [-0.05, 0) is 30.2 Å². The zero-order valence-corrected chi connectivity index (χ0v) is 20.6. The number of nitrogens with one attached hydrogen (secondary N) is 1. The number of alkyl halides is 2. The fraction of sp³-hybridized carbons (Fsp3) is 0.542. The lowest BCUT2D eigenvalue weighted by Crippen LogP contribution is -2.49. The summed E-state index contributed by atoms with van der Waals surface area (Å²) in [6, 6.07) is 5.89. The Balaban J connectivity index is 1.53. The van der Waals surface area contributed by atoms with Gasteiger partial charge in [0.1, 0.15) is 24.3 Å². The summed E-state index contributed by atoms with van der Waals surface area (Å²) in [5.41, 5.74) is 1.29. The lowest BCUT2D eigenvalue weighted by atomic mass is 9.94. The fourth-order valence-electron chi connectivity index (χ4n) is 4.56. The second-order valence-electron chi connectivity index (χ2n) is 8.97. The van der Waals surface area contributed by atoms with Gasteiger partial charge in [-0.1, -0.05) is 18.2 Å². The highest BCUT2D eigenvalue weighted by Crippen LogP contribution is 2.36. The maximum atomic E-state index is 14.4. The molecule has 2 aliphatic rings. The van der Waals surface area contributed by atoms with Gasteiger partial charge in [-0.3, -0.25) is 4.90 Å². The van der Waals surface area contributed by atoms with Crippen molar-refractivity contribution in [2.24, 2.45) is 0 Å². The van der Waals surface area contributed by atoms with Crippen LogP contribution in [0.15, 0.2) is 24.3 Å². The van der Waals surface area contributed by atoms with Gasteiger partial charge in [-0.15, -0.1) is 0 Å². The quantitative estimate of drug-likeness (QED) is 0.399. The van der Waals surface area contributed by atoms with Crippen LogP contribution < -0.4 is 5.32 Å². The van der Waals surface area contributed by atoms with Crippen molar-refractivity contribution in [2.45, 2.75) is 56.6 Å². The van der Waals surface area contributed by atoms with Gasteiger partial charge >= 0.3 is 0 Å². The van der Waals surface area contributed by atoms with Crippen molar-refractivity contribution in [3.63, 3.8) is 0 Å². The molecule has 0 aliphatic carbocycles. The average molecular weight is 511 g/mol. The van der Waals surface area contributed by atoms with E-state index in [9.17, 15) is 13.6 Å². The van der Waals surface area contributed by atoms with Crippen LogP contribution in [0.3, 0.4) is 0 Å². The summed E-state index contributed by atoms with van der Waals surface area (Å²) in [6.07, 6.45) is 1.43. The van der Waals surface area contributed by atoms with Gasteiger partial charge in [0.05, 0.1) is 12.3 Å². The maximum Gasteiger partial charge on any atom is 0.296 e. The topological polar surface area (TPSA) is 85.8 Å². The Labute approximate surface area is 207 Å². The normalized spacial score (nSPS) is 23.7. The molecule has 2 aromatic rings. The van der Waals surface area contributed by atoms with E-state index in [4.69, 9.17) is 21.1 Å². The third kappa shape index (κ3) is 5.46. The third-order valence-electron chi connectivity index (χ3n) is 6.65. The predicted molar refractivity (Wildman–Crippen MR) is 125 cm³/mol. The molecular formula is C24H29ClF2N4O4. The molecule has 0 amide bonds. The Bertz CT molecular complexity index is 1080. The molecule has 0 radical (unpaired) electrons. The van der Waals surface area contributed by atoms with E-state index in [1.54, 1.807) is 12.1 Å². The van der Waals surface area contributed by atoms with Gasteiger partial charge < -0.3 is 24.3 Å². The molecule has 1 fully saturated rings. The van der Waals surface area contributed by atoms with Crippen LogP contribution in [0.2, 0.25) is 5.28 Å². The molecule has 0 saturated carbocycles. The van der Waals surface area contributed by atoms with Crippen molar-refractivity contribution in [3.8, 4) is 0 Å². The van der Waals surface area contributed by atoms with Gasteiger partial charge in [0.25, 0.3) is 5.92 Å². The van der Waals surface area contributed by atoms with Gasteiger partial charge in [-0.25, -0.2) is 9.97 Å². The zero-order valence-electron chi connectivity index (χ0n) is 19.9. The summed E-state index contributed by atoms with van der Waals surface area (Å²) in [6.45, 7) is 2.53. The van der Waals surface area contributed by atoms with Crippen LogP contribution >= 0.6 is 11.6 Å². The summed E-state index contributed by atoms with van der Waals surface area (Å²) in [5.74, 6) is -2.56. The standard InChI is InChI=1S/C24H29ClF2N4O4/c1-15(16-5-4-6-17(9-16)24(26,27)14-33-2)28-21-18-11-31(12-19(18)29-22(25)30-21)20-10-23(13-32,34-3)7-8-35-20/h4-6,9,13,15,20H,7-8,10-12,14H2,1-3H3,(H,28,29,30). The van der Waals surface area contributed by atoms with Crippen molar-refractivity contribution >= 4 is 23.7 Å². The van der Waals surface area contributed by atoms with Crippen LogP contribution in [0.1, 0.15) is 48.2 Å². The summed E-state index contributed by atoms with van der Waals surface area (Å²) < 4.78 is 44.8. The zero-order chi connectivity index (χ0) is 25.2. The van der Waals surface area contributed by atoms with Gasteiger partial charge in [-0.2, -0.15) is 8.78 Å². The second-order valence-corrected chi connectivity index (χ2v) is 9.30. The first kappa shape index (κ1) is 25.8. The SMILES string of the molecule is COCC(F)(F)c1cccc(C(C)Nc2nc(Cl)nc3c2CN(C2CC(C=O)(OC)CCO2)C3)c1. The molecule has 0 bridgehead atoms. The summed E-state index contributed by atoms with van der Waals surface area (Å²) in [4.78, 5) is 22.5. The highest BCUT2D eigenvalue weighted by atomic mass is 35.5. The molecule has 2 aliphatic heterocycles. The molecule has 190 valence electrons. The number of fused-ring (bicyclic) bond motifs is 1. The first-order valence-corrected chi connectivity index (χ1v) is 11.7. The number of carbonyl (C=O) groups excluding carboxylic acids is 1. The Morgan fingerprint density at radius 2 is 2.17 bits per heavy atom. The molecule has 35 heavy (non-hydrogen) atoms. The monoisotopic (exact) mass is 510 g/mol. The van der Waals surface area contributed by atoms with E-state index in [1.165, 1.54) is 26.4 Å². The number of aldehydes is 1. The van der Waals surface area contributed by atoms with E-state index in [2.05, 4.69) is 24.9 Å². The smallest absolute Gasteiger partial charge is 0.296 e. The predicted octanol–water partition coefficient (Wildman–Crippen LogP) is 4.08. The summed E-state index contributed by atoms with van der Waals surface area (Å²) in [5, 5.41) is 3.40. The molecule has 11 heteroatoms. The van der Waals surface area contributed by atoms with E-state index in [-0.39, 0.29) is 23.1 Å². The van der Waals surface area contributed by atoms with Crippen LogP contribution in [0.5, 0.6) is 0 Å². The largest absolute Gasteiger partial charge is 0.378 e. The van der Waals surface area contributed by atoms with Crippen molar-refractivity contribution in [1.29, 1.82) is 0 Å². The van der Waals surface area contributed by atoms with E-state index < -0.39 is 18.1 Å². The Kier molecular flexibility index (Phi) is 7.68. The molecule has 3 heterocycles. The summed E-state index contributed by atoms with van der Waals surface area (Å²) in [7, 11) is 2.78. The van der Waals surface area contributed by atoms with Crippen molar-refractivity contribution < 1.29 is 27.8 Å². The lowest BCUT2D eigenvalue weighted by molar-refractivity contribution is -0.173. The molecule has 1 N–H and O–H groups in total. The first-order valence-electron chi connectivity index (χ1n) is 11.4. The van der Waals surface area contributed by atoms with Gasteiger partial charge in [0.15, 0.2) is 6.29 Å². The molecule has 1 aromatic carbocycles. The van der Waals surface area contributed by atoms with E-state index >= 15 is 0 Å². The lowest BCUT2D eigenvalue weighted by Gasteiger charge is -2.39. The number of carbonyl (C=O) groups is 1. The maximum absolute atomic E-state index is 14.4. The molecular weight excluding hydrogens is 482 g/mol. The number of aromatic nitrogens is 2.